The maximum atomic E-state index is 13.3. The Bertz CT molecular complexity index is 636. The molecule has 116 valence electrons. The zero-order valence-electron chi connectivity index (χ0n) is 12.5. The number of allylic oxidation sites excluding steroid dienone is 1. The van der Waals surface area contributed by atoms with E-state index in [1.54, 1.807) is 19.2 Å². The molecule has 0 aliphatic carbocycles. The Hall–Kier alpha value is -2.20. The van der Waals surface area contributed by atoms with Crippen molar-refractivity contribution in [2.24, 2.45) is 0 Å². The van der Waals surface area contributed by atoms with Gasteiger partial charge in [0.1, 0.15) is 0 Å². The van der Waals surface area contributed by atoms with Crippen molar-refractivity contribution in [1.29, 1.82) is 0 Å². The van der Waals surface area contributed by atoms with Crippen molar-refractivity contribution in [3.63, 3.8) is 0 Å². The minimum absolute atomic E-state index is 0.253. The fourth-order valence-electron chi connectivity index (χ4n) is 2.10. The third-order valence-electron chi connectivity index (χ3n) is 3.35. The number of halogens is 1. The normalized spacial score (nSPS) is 12.7. The lowest BCUT2D eigenvalue weighted by Crippen LogP contribution is -1.97. The predicted octanol–water partition coefficient (Wildman–Crippen LogP) is 4.16. The molecule has 1 aromatic heterocycles. The standard InChI is InChI=1S/C18H20FNO2/c1-13(21)5-3-2-4-6-16-9-7-15(12-20-16)14-8-10-18(22)17(19)11-14/h4,6-13,21-22H,2-3,5H2,1H3/b6-4+. The molecule has 22 heavy (non-hydrogen) atoms. The summed E-state index contributed by atoms with van der Waals surface area (Å²) >= 11 is 0. The first kappa shape index (κ1) is 16.2. The van der Waals surface area contributed by atoms with Crippen LogP contribution in [0.15, 0.2) is 42.6 Å². The van der Waals surface area contributed by atoms with E-state index in [1.807, 2.05) is 24.3 Å². The fraction of sp³-hybridized carbons (Fsp3) is 0.278. The van der Waals surface area contributed by atoms with Crippen LogP contribution in [-0.4, -0.2) is 21.3 Å². The molecule has 1 atom stereocenters. The molecule has 0 spiro atoms. The van der Waals surface area contributed by atoms with Crippen molar-refractivity contribution in [2.45, 2.75) is 32.3 Å². The molecule has 1 aromatic carbocycles. The second-order valence-electron chi connectivity index (χ2n) is 5.32. The van der Waals surface area contributed by atoms with Crippen LogP contribution in [0.3, 0.4) is 0 Å². The van der Waals surface area contributed by atoms with E-state index in [9.17, 15) is 9.50 Å². The molecule has 0 amide bonds. The van der Waals surface area contributed by atoms with Crippen LogP contribution >= 0.6 is 0 Å². The van der Waals surface area contributed by atoms with Crippen LogP contribution in [0.5, 0.6) is 5.75 Å². The van der Waals surface area contributed by atoms with Crippen molar-refractivity contribution in [3.05, 3.63) is 54.1 Å². The largest absolute Gasteiger partial charge is 0.505 e. The Morgan fingerprint density at radius 1 is 1.23 bits per heavy atom. The van der Waals surface area contributed by atoms with Gasteiger partial charge in [0, 0.05) is 11.8 Å². The van der Waals surface area contributed by atoms with Gasteiger partial charge in [-0.15, -0.1) is 0 Å². The number of benzene rings is 1. The molecule has 0 fully saturated rings. The number of phenols is 1. The Kier molecular flexibility index (Phi) is 5.67. The number of aromatic hydroxyl groups is 1. The highest BCUT2D eigenvalue weighted by atomic mass is 19.1. The van der Waals surface area contributed by atoms with Gasteiger partial charge in [-0.3, -0.25) is 4.98 Å². The van der Waals surface area contributed by atoms with Gasteiger partial charge < -0.3 is 10.2 Å². The third-order valence-corrected chi connectivity index (χ3v) is 3.35. The first-order valence-corrected chi connectivity index (χ1v) is 7.36. The number of pyridine rings is 1. The molecule has 1 heterocycles. The van der Waals surface area contributed by atoms with Gasteiger partial charge in [0.15, 0.2) is 11.6 Å². The Balaban J connectivity index is 1.98. The summed E-state index contributed by atoms with van der Waals surface area (Å²) < 4.78 is 13.3. The second kappa shape index (κ2) is 7.71. The van der Waals surface area contributed by atoms with Gasteiger partial charge >= 0.3 is 0 Å². The molecule has 0 aliphatic rings. The highest BCUT2D eigenvalue weighted by Crippen LogP contribution is 2.24. The van der Waals surface area contributed by atoms with E-state index in [0.29, 0.717) is 5.56 Å². The first-order chi connectivity index (χ1) is 10.6. The van der Waals surface area contributed by atoms with E-state index in [2.05, 4.69) is 4.98 Å². The number of unbranched alkanes of at least 4 members (excludes halogenated alkanes) is 1. The van der Waals surface area contributed by atoms with Gasteiger partial charge in [-0.05, 0) is 56.0 Å². The Morgan fingerprint density at radius 3 is 2.64 bits per heavy atom. The van der Waals surface area contributed by atoms with E-state index >= 15 is 0 Å². The van der Waals surface area contributed by atoms with Gasteiger partial charge in [0.25, 0.3) is 0 Å². The molecule has 1 unspecified atom stereocenters. The second-order valence-corrected chi connectivity index (χ2v) is 5.32. The summed E-state index contributed by atoms with van der Waals surface area (Å²) in [5.74, 6) is -0.993. The zero-order chi connectivity index (χ0) is 15.9. The van der Waals surface area contributed by atoms with Gasteiger partial charge in [-0.25, -0.2) is 4.39 Å². The van der Waals surface area contributed by atoms with Gasteiger partial charge in [-0.1, -0.05) is 18.2 Å². The van der Waals surface area contributed by atoms with Gasteiger partial charge in [0.2, 0.25) is 0 Å². The lowest BCUT2D eigenvalue weighted by atomic mass is 10.1. The van der Waals surface area contributed by atoms with Crippen LogP contribution in [0.2, 0.25) is 0 Å². The predicted molar refractivity (Wildman–Crippen MR) is 85.9 cm³/mol. The fourth-order valence-corrected chi connectivity index (χ4v) is 2.10. The number of aliphatic hydroxyl groups excluding tert-OH is 1. The number of nitrogens with zero attached hydrogens (tertiary/aromatic N) is 1. The maximum absolute atomic E-state index is 13.3. The summed E-state index contributed by atoms with van der Waals surface area (Å²) in [4.78, 5) is 4.32. The van der Waals surface area contributed by atoms with Gasteiger partial charge in [-0.2, -0.15) is 0 Å². The molecule has 0 saturated heterocycles. The maximum Gasteiger partial charge on any atom is 0.165 e. The molecule has 0 bridgehead atoms. The highest BCUT2D eigenvalue weighted by Gasteiger charge is 2.04. The molecule has 0 radical (unpaired) electrons. The average molecular weight is 301 g/mol. The van der Waals surface area contributed by atoms with E-state index in [-0.39, 0.29) is 11.9 Å². The quantitative estimate of drug-likeness (QED) is 0.788. The van der Waals surface area contributed by atoms with E-state index < -0.39 is 5.82 Å². The van der Waals surface area contributed by atoms with Crippen LogP contribution in [0.1, 0.15) is 31.9 Å². The van der Waals surface area contributed by atoms with E-state index in [0.717, 1.165) is 30.5 Å². The molecule has 3 nitrogen and oxygen atoms in total. The lowest BCUT2D eigenvalue weighted by Gasteiger charge is -2.03. The third kappa shape index (κ3) is 4.67. The molecule has 0 saturated carbocycles. The summed E-state index contributed by atoms with van der Waals surface area (Å²) in [5.41, 5.74) is 2.31. The zero-order valence-corrected chi connectivity index (χ0v) is 12.5. The summed E-state index contributed by atoms with van der Waals surface area (Å²) in [7, 11) is 0. The Morgan fingerprint density at radius 2 is 2.00 bits per heavy atom. The number of rotatable bonds is 6. The van der Waals surface area contributed by atoms with Crippen molar-refractivity contribution in [2.75, 3.05) is 0 Å². The molecule has 2 N–H and O–H groups in total. The van der Waals surface area contributed by atoms with Crippen molar-refractivity contribution >= 4 is 6.08 Å². The number of hydrogen-bond acceptors (Lipinski definition) is 3. The number of phenolic OH excluding ortho intramolecular Hbond substituents is 1. The minimum atomic E-state index is -0.639. The van der Waals surface area contributed by atoms with Gasteiger partial charge in [0.05, 0.1) is 11.8 Å². The summed E-state index contributed by atoms with van der Waals surface area (Å²) in [6.45, 7) is 1.79. The molecule has 2 rings (SSSR count). The van der Waals surface area contributed by atoms with Crippen LogP contribution < -0.4 is 0 Å². The van der Waals surface area contributed by atoms with E-state index in [1.165, 1.54) is 12.1 Å². The number of aromatic nitrogens is 1. The molecule has 0 aliphatic heterocycles. The average Bonchev–Trinajstić information content (AvgIpc) is 2.50. The first-order valence-electron chi connectivity index (χ1n) is 7.36. The lowest BCUT2D eigenvalue weighted by molar-refractivity contribution is 0.182. The van der Waals surface area contributed by atoms with Crippen molar-refractivity contribution in [1.82, 2.24) is 4.98 Å². The Labute approximate surface area is 129 Å². The summed E-state index contributed by atoms with van der Waals surface area (Å²) in [6, 6.07) is 8.01. The van der Waals surface area contributed by atoms with E-state index in [4.69, 9.17) is 5.11 Å². The van der Waals surface area contributed by atoms with Crippen LogP contribution in [-0.2, 0) is 0 Å². The summed E-state index contributed by atoms with van der Waals surface area (Å²) in [6.07, 6.45) is 8.03. The van der Waals surface area contributed by atoms with Crippen LogP contribution in [0.4, 0.5) is 4.39 Å². The van der Waals surface area contributed by atoms with Crippen molar-refractivity contribution < 1.29 is 14.6 Å². The number of aliphatic hydroxyl groups is 1. The number of hydrogen-bond donors (Lipinski definition) is 2. The monoisotopic (exact) mass is 301 g/mol. The SMILES string of the molecule is CC(O)CCC/C=C/c1ccc(-c2ccc(O)c(F)c2)cn1. The van der Waals surface area contributed by atoms with Crippen LogP contribution in [0, 0.1) is 5.82 Å². The minimum Gasteiger partial charge on any atom is -0.505 e. The molecule has 4 heteroatoms. The molecule has 2 aromatic rings. The topological polar surface area (TPSA) is 53.4 Å². The van der Waals surface area contributed by atoms with Crippen molar-refractivity contribution in [3.8, 4) is 16.9 Å². The molecular formula is C18H20FNO2. The molecular weight excluding hydrogens is 281 g/mol. The smallest absolute Gasteiger partial charge is 0.165 e. The van der Waals surface area contributed by atoms with Crippen LogP contribution in [0.25, 0.3) is 17.2 Å². The highest BCUT2D eigenvalue weighted by molar-refractivity contribution is 5.64. The summed E-state index contributed by atoms with van der Waals surface area (Å²) in [5, 5.41) is 18.4.